The Bertz CT molecular complexity index is 476. The molecule has 7 heteroatoms. The molecule has 0 aliphatic carbocycles. The number of piperidine rings is 1. The van der Waals surface area contributed by atoms with Crippen molar-refractivity contribution in [2.24, 2.45) is 0 Å². The zero-order valence-electron chi connectivity index (χ0n) is 12.8. The summed E-state index contributed by atoms with van der Waals surface area (Å²) >= 11 is 1.25. The van der Waals surface area contributed by atoms with Crippen LogP contribution in [0, 0.1) is 0 Å². The quantitative estimate of drug-likeness (QED) is 0.697. The second kappa shape index (κ2) is 7.61. The van der Waals surface area contributed by atoms with Gasteiger partial charge in [-0.1, -0.05) is 6.42 Å². The van der Waals surface area contributed by atoms with E-state index in [-0.39, 0.29) is 5.91 Å². The minimum Gasteiger partial charge on any atom is -0.382 e. The molecule has 0 aromatic carbocycles. The van der Waals surface area contributed by atoms with Gasteiger partial charge in [-0.3, -0.25) is 4.79 Å². The van der Waals surface area contributed by atoms with Gasteiger partial charge >= 0.3 is 0 Å². The third kappa shape index (κ3) is 4.07. The van der Waals surface area contributed by atoms with Gasteiger partial charge in [-0.2, -0.15) is 4.37 Å². The molecule has 0 radical (unpaired) electrons. The SMILES string of the molecule is CNC(=O)c1c(N)nsc1NCCCN1CCCCC1C. The molecule has 1 atom stereocenters. The zero-order valence-corrected chi connectivity index (χ0v) is 13.6. The first-order valence-electron chi connectivity index (χ1n) is 7.58. The lowest BCUT2D eigenvalue weighted by molar-refractivity contribution is 0.0965. The molecule has 4 N–H and O–H groups in total. The van der Waals surface area contributed by atoms with E-state index in [1.165, 1.54) is 37.3 Å². The van der Waals surface area contributed by atoms with Crippen molar-refractivity contribution in [2.45, 2.75) is 38.6 Å². The number of nitrogens with zero attached hydrogens (tertiary/aromatic N) is 2. The number of nitrogen functional groups attached to an aromatic ring is 1. The van der Waals surface area contributed by atoms with Crippen molar-refractivity contribution < 1.29 is 4.79 Å². The van der Waals surface area contributed by atoms with Gasteiger partial charge < -0.3 is 21.3 Å². The third-order valence-corrected chi connectivity index (χ3v) is 4.84. The monoisotopic (exact) mass is 311 g/mol. The van der Waals surface area contributed by atoms with Gasteiger partial charge in [0.2, 0.25) is 0 Å². The second-order valence-electron chi connectivity index (χ2n) is 5.51. The standard InChI is InChI=1S/C14H25N5OS/c1-10-6-3-4-8-19(10)9-5-7-17-14-11(13(20)16-2)12(15)18-21-14/h10,17H,3-9H2,1-2H3,(H2,15,18)(H,16,20). The van der Waals surface area contributed by atoms with Crippen LogP contribution in [0.15, 0.2) is 0 Å². The number of hydrogen-bond donors (Lipinski definition) is 3. The summed E-state index contributed by atoms with van der Waals surface area (Å²) < 4.78 is 4.05. The highest BCUT2D eigenvalue weighted by Crippen LogP contribution is 2.26. The molecule has 1 aliphatic heterocycles. The average molecular weight is 311 g/mol. The number of nitrogens with one attached hydrogen (secondary N) is 2. The smallest absolute Gasteiger partial charge is 0.257 e. The van der Waals surface area contributed by atoms with Crippen LogP contribution in [0.4, 0.5) is 10.8 Å². The Labute approximate surface area is 130 Å². The topological polar surface area (TPSA) is 83.3 Å². The zero-order chi connectivity index (χ0) is 15.2. The molecule has 118 valence electrons. The van der Waals surface area contributed by atoms with Crippen LogP contribution in [-0.2, 0) is 0 Å². The van der Waals surface area contributed by atoms with Gasteiger partial charge in [-0.05, 0) is 44.3 Å². The first kappa shape index (κ1) is 16.0. The maximum Gasteiger partial charge on any atom is 0.257 e. The van der Waals surface area contributed by atoms with Crippen LogP contribution in [0.5, 0.6) is 0 Å². The number of anilines is 2. The summed E-state index contributed by atoms with van der Waals surface area (Å²) in [7, 11) is 1.60. The number of likely N-dealkylation sites (tertiary alicyclic amines) is 1. The van der Waals surface area contributed by atoms with Crippen molar-refractivity contribution in [1.29, 1.82) is 0 Å². The van der Waals surface area contributed by atoms with Crippen molar-refractivity contribution >= 4 is 28.3 Å². The number of amides is 1. The number of carbonyl (C=O) groups excluding carboxylic acids is 1. The summed E-state index contributed by atoms with van der Waals surface area (Å²) in [5, 5.41) is 6.65. The van der Waals surface area contributed by atoms with Gasteiger partial charge in [0.25, 0.3) is 5.91 Å². The number of hydrogen-bond acceptors (Lipinski definition) is 6. The maximum absolute atomic E-state index is 11.8. The van der Waals surface area contributed by atoms with Gasteiger partial charge in [0.1, 0.15) is 10.6 Å². The highest BCUT2D eigenvalue weighted by Gasteiger charge is 2.19. The molecule has 1 saturated heterocycles. The Morgan fingerprint density at radius 3 is 3.05 bits per heavy atom. The number of nitrogens with two attached hydrogens (primary N) is 1. The van der Waals surface area contributed by atoms with E-state index in [4.69, 9.17) is 5.73 Å². The molecule has 6 nitrogen and oxygen atoms in total. The lowest BCUT2D eigenvalue weighted by Gasteiger charge is -2.33. The van der Waals surface area contributed by atoms with Crippen molar-refractivity contribution in [1.82, 2.24) is 14.6 Å². The molecule has 1 unspecified atom stereocenters. The molecule has 2 heterocycles. The van der Waals surface area contributed by atoms with E-state index in [0.29, 0.717) is 17.4 Å². The van der Waals surface area contributed by atoms with Crippen LogP contribution < -0.4 is 16.4 Å². The maximum atomic E-state index is 11.8. The van der Waals surface area contributed by atoms with E-state index in [0.717, 1.165) is 24.5 Å². The molecule has 1 aliphatic rings. The predicted molar refractivity (Wildman–Crippen MR) is 87.9 cm³/mol. The average Bonchev–Trinajstić information content (AvgIpc) is 2.85. The summed E-state index contributed by atoms with van der Waals surface area (Å²) in [6.07, 6.45) is 5.02. The fourth-order valence-corrected chi connectivity index (χ4v) is 3.48. The number of rotatable bonds is 6. The van der Waals surface area contributed by atoms with Gasteiger partial charge in [-0.15, -0.1) is 0 Å². The normalized spacial score (nSPS) is 19.4. The predicted octanol–water partition coefficient (Wildman–Crippen LogP) is 1.76. The summed E-state index contributed by atoms with van der Waals surface area (Å²) in [6.45, 7) is 5.44. The summed E-state index contributed by atoms with van der Waals surface area (Å²) in [6, 6.07) is 0.694. The van der Waals surface area contributed by atoms with E-state index in [1.54, 1.807) is 7.05 Å². The summed E-state index contributed by atoms with van der Waals surface area (Å²) in [5.74, 6) is 0.111. The van der Waals surface area contributed by atoms with Crippen LogP contribution in [0.2, 0.25) is 0 Å². The van der Waals surface area contributed by atoms with Gasteiger partial charge in [0.15, 0.2) is 5.82 Å². The molecule has 21 heavy (non-hydrogen) atoms. The Morgan fingerprint density at radius 1 is 1.52 bits per heavy atom. The first-order valence-corrected chi connectivity index (χ1v) is 8.36. The lowest BCUT2D eigenvalue weighted by atomic mass is 10.0. The number of aromatic nitrogens is 1. The van der Waals surface area contributed by atoms with E-state index < -0.39 is 0 Å². The van der Waals surface area contributed by atoms with Crippen LogP contribution in [0.25, 0.3) is 0 Å². The summed E-state index contributed by atoms with van der Waals surface area (Å²) in [4.78, 5) is 14.3. The number of carbonyl (C=O) groups is 1. The molecule has 1 aromatic heterocycles. The van der Waals surface area contributed by atoms with Crippen molar-refractivity contribution in [3.63, 3.8) is 0 Å². The van der Waals surface area contributed by atoms with Crippen molar-refractivity contribution in [2.75, 3.05) is 37.7 Å². The lowest BCUT2D eigenvalue weighted by Crippen LogP contribution is -2.38. The Balaban J connectivity index is 1.80. The van der Waals surface area contributed by atoms with E-state index in [2.05, 4.69) is 26.8 Å². The first-order chi connectivity index (χ1) is 10.1. The fourth-order valence-electron chi connectivity index (χ4n) is 2.74. The largest absolute Gasteiger partial charge is 0.382 e. The molecular weight excluding hydrogens is 286 g/mol. The highest BCUT2D eigenvalue weighted by atomic mass is 32.1. The molecule has 1 aromatic rings. The van der Waals surface area contributed by atoms with Gasteiger partial charge in [-0.25, -0.2) is 0 Å². The van der Waals surface area contributed by atoms with Crippen LogP contribution in [0.3, 0.4) is 0 Å². The Morgan fingerprint density at radius 2 is 2.33 bits per heavy atom. The van der Waals surface area contributed by atoms with Crippen molar-refractivity contribution in [3.05, 3.63) is 5.56 Å². The Kier molecular flexibility index (Phi) is 5.81. The minimum atomic E-state index is -0.187. The molecule has 1 amide bonds. The van der Waals surface area contributed by atoms with Gasteiger partial charge in [0, 0.05) is 26.2 Å². The molecule has 1 fully saturated rings. The minimum absolute atomic E-state index is 0.187. The van der Waals surface area contributed by atoms with Crippen LogP contribution in [-0.4, -0.2) is 47.9 Å². The molecular formula is C14H25N5OS. The van der Waals surface area contributed by atoms with E-state index in [1.807, 2.05) is 0 Å². The van der Waals surface area contributed by atoms with Crippen LogP contribution >= 0.6 is 11.5 Å². The molecule has 0 spiro atoms. The van der Waals surface area contributed by atoms with Crippen LogP contribution in [0.1, 0.15) is 43.0 Å². The molecule has 2 rings (SSSR count). The van der Waals surface area contributed by atoms with Crippen molar-refractivity contribution in [3.8, 4) is 0 Å². The molecule has 0 bridgehead atoms. The van der Waals surface area contributed by atoms with E-state index in [9.17, 15) is 4.79 Å². The third-order valence-electron chi connectivity index (χ3n) is 4.02. The fraction of sp³-hybridized carbons (Fsp3) is 0.714. The molecule has 0 saturated carbocycles. The van der Waals surface area contributed by atoms with E-state index >= 15 is 0 Å². The second-order valence-corrected chi connectivity index (χ2v) is 6.29. The summed E-state index contributed by atoms with van der Waals surface area (Å²) in [5.41, 5.74) is 6.21. The van der Waals surface area contributed by atoms with Gasteiger partial charge in [0.05, 0.1) is 0 Å². The Hall–Kier alpha value is -1.34. The highest BCUT2D eigenvalue weighted by molar-refractivity contribution is 7.11.